The van der Waals surface area contributed by atoms with Crippen molar-refractivity contribution in [2.45, 2.75) is 3.25 Å². The molecule has 14 heteroatoms. The van der Waals surface area contributed by atoms with E-state index in [1.54, 1.807) is 0 Å². The van der Waals surface area contributed by atoms with E-state index in [0.717, 1.165) is 0 Å². The van der Waals surface area contributed by atoms with Gasteiger partial charge in [0.25, 0.3) is 3.25 Å². The number of halogens is 4. The SMILES string of the molecule is ClC(Cl)(Cl)Cl.O.O.O.O.O.O.O.O.O.O. The van der Waals surface area contributed by atoms with Gasteiger partial charge in [-0.3, -0.25) is 0 Å². The Morgan fingerprint density at radius 3 is 0.333 bits per heavy atom. The zero-order chi connectivity index (χ0) is 4.50. The Hall–Kier alpha value is 0.760. The fourth-order valence-corrected chi connectivity index (χ4v) is 0. The Morgan fingerprint density at radius 2 is 0.333 bits per heavy atom. The highest BCUT2D eigenvalue weighted by atomic mass is 35.6. The summed E-state index contributed by atoms with van der Waals surface area (Å²) in [5.41, 5.74) is 0. The Balaban J connectivity index is -0.00000000178. The van der Waals surface area contributed by atoms with E-state index in [0.29, 0.717) is 0 Å². The third kappa shape index (κ3) is 4160. The highest BCUT2D eigenvalue weighted by molar-refractivity contribution is 6.83. The molecule has 0 aliphatic carbocycles. The average molecular weight is 334 g/mol. The molecule has 20 N–H and O–H groups in total. The molecule has 0 amide bonds. The largest absolute Gasteiger partial charge is 0.412 e. The van der Waals surface area contributed by atoms with E-state index in [2.05, 4.69) is 0 Å². The van der Waals surface area contributed by atoms with Crippen molar-refractivity contribution in [1.82, 2.24) is 0 Å². The van der Waals surface area contributed by atoms with Crippen LogP contribution in [0.4, 0.5) is 0 Å². The predicted octanol–water partition coefficient (Wildman–Crippen LogP) is -5.69. The molecular formula is CH20Cl4O10. The van der Waals surface area contributed by atoms with E-state index in [1.165, 1.54) is 0 Å². The molecule has 0 aromatic rings. The van der Waals surface area contributed by atoms with Crippen molar-refractivity contribution in [2.24, 2.45) is 0 Å². The zero-order valence-corrected chi connectivity index (χ0v) is 10.0. The predicted molar refractivity (Wildman–Crippen MR) is 62.3 cm³/mol. The van der Waals surface area contributed by atoms with Crippen LogP contribution in [0.3, 0.4) is 0 Å². The van der Waals surface area contributed by atoms with Gasteiger partial charge in [0, 0.05) is 0 Å². The normalized spacial score (nSPS) is 4.00. The second-order valence-corrected chi connectivity index (χ2v) is 3.86. The van der Waals surface area contributed by atoms with Gasteiger partial charge >= 0.3 is 0 Å². The Labute approximate surface area is 105 Å². The van der Waals surface area contributed by atoms with Crippen LogP contribution in [-0.2, 0) is 0 Å². The minimum atomic E-state index is -1.61. The first-order valence-corrected chi connectivity index (χ1v) is 2.27. The number of hydrogen-bond acceptors (Lipinski definition) is 0. The molecule has 15 heavy (non-hydrogen) atoms. The lowest BCUT2D eigenvalue weighted by Gasteiger charge is -1.91. The molecule has 0 atom stereocenters. The highest BCUT2D eigenvalue weighted by Gasteiger charge is 2.11. The molecule has 0 aromatic carbocycles. The number of rotatable bonds is 0. The van der Waals surface area contributed by atoms with Gasteiger partial charge in [-0.15, -0.1) is 0 Å². The van der Waals surface area contributed by atoms with Gasteiger partial charge in [-0.05, 0) is 0 Å². The molecule has 0 aliphatic rings. The first-order chi connectivity index (χ1) is 2.00. The third-order valence-electron chi connectivity index (χ3n) is 0. The summed E-state index contributed by atoms with van der Waals surface area (Å²) in [5, 5.41) is 0. The fraction of sp³-hybridized carbons (Fsp3) is 1.00. The second kappa shape index (κ2) is 61.2. The minimum Gasteiger partial charge on any atom is -0.412 e. The first kappa shape index (κ1) is 152. The van der Waals surface area contributed by atoms with Crippen LogP contribution in [-0.4, -0.2) is 58.0 Å². The van der Waals surface area contributed by atoms with Crippen molar-refractivity contribution < 1.29 is 54.8 Å². The summed E-state index contributed by atoms with van der Waals surface area (Å²) in [4.78, 5) is 0. The Bertz CT molecular complexity index is 32.9. The quantitative estimate of drug-likeness (QED) is 0.373. The molecule has 112 valence electrons. The van der Waals surface area contributed by atoms with Crippen molar-refractivity contribution >= 4 is 46.4 Å². The Morgan fingerprint density at radius 1 is 0.333 bits per heavy atom. The average Bonchev–Trinajstić information content (AvgIpc) is 0.722. The van der Waals surface area contributed by atoms with E-state index in [4.69, 9.17) is 46.4 Å². The van der Waals surface area contributed by atoms with Crippen LogP contribution in [0, 0.1) is 0 Å². The molecule has 0 saturated carbocycles. The molecule has 0 aliphatic heterocycles. The summed E-state index contributed by atoms with van der Waals surface area (Å²) >= 11 is 19.3. The van der Waals surface area contributed by atoms with Crippen LogP contribution in [0.15, 0.2) is 0 Å². The summed E-state index contributed by atoms with van der Waals surface area (Å²) in [6, 6.07) is 0. The van der Waals surface area contributed by atoms with Gasteiger partial charge in [0.05, 0.1) is 0 Å². The van der Waals surface area contributed by atoms with Gasteiger partial charge < -0.3 is 54.8 Å². The van der Waals surface area contributed by atoms with Crippen LogP contribution >= 0.6 is 46.4 Å². The van der Waals surface area contributed by atoms with Gasteiger partial charge in [-0.1, -0.05) is 46.4 Å². The van der Waals surface area contributed by atoms with Crippen LogP contribution in [0.5, 0.6) is 0 Å². The summed E-state index contributed by atoms with van der Waals surface area (Å²) in [6.07, 6.45) is 0. The van der Waals surface area contributed by atoms with Gasteiger partial charge in [0.2, 0.25) is 0 Å². The number of hydrogen-bond donors (Lipinski definition) is 0. The van der Waals surface area contributed by atoms with Crippen molar-refractivity contribution in [3.63, 3.8) is 0 Å². The van der Waals surface area contributed by atoms with E-state index in [-0.39, 0.29) is 54.8 Å². The molecule has 0 heterocycles. The van der Waals surface area contributed by atoms with Crippen LogP contribution in [0.1, 0.15) is 0 Å². The first-order valence-electron chi connectivity index (χ1n) is 0.756. The summed E-state index contributed by atoms with van der Waals surface area (Å²) in [6.45, 7) is 0. The maximum absolute atomic E-state index is 4.83. The van der Waals surface area contributed by atoms with Crippen molar-refractivity contribution in [3.05, 3.63) is 0 Å². The maximum Gasteiger partial charge on any atom is 0.266 e. The fourth-order valence-electron chi connectivity index (χ4n) is 0. The maximum atomic E-state index is 4.83. The molecule has 0 saturated heterocycles. The second-order valence-electron chi connectivity index (χ2n) is 0.429. The monoisotopic (exact) mass is 332 g/mol. The van der Waals surface area contributed by atoms with Crippen molar-refractivity contribution in [1.29, 1.82) is 0 Å². The van der Waals surface area contributed by atoms with E-state index >= 15 is 0 Å². The molecule has 0 bridgehead atoms. The van der Waals surface area contributed by atoms with Crippen molar-refractivity contribution in [3.8, 4) is 0 Å². The molecule has 0 spiro atoms. The van der Waals surface area contributed by atoms with E-state index < -0.39 is 3.25 Å². The summed E-state index contributed by atoms with van der Waals surface area (Å²) in [7, 11) is 0. The summed E-state index contributed by atoms with van der Waals surface area (Å²) < 4.78 is -1.61. The zero-order valence-electron chi connectivity index (χ0n) is 7.01. The lowest BCUT2D eigenvalue weighted by Crippen LogP contribution is -1.81. The highest BCUT2D eigenvalue weighted by Crippen LogP contribution is 2.29. The molecular weight excluding hydrogens is 314 g/mol. The summed E-state index contributed by atoms with van der Waals surface area (Å²) in [5.74, 6) is 0. The van der Waals surface area contributed by atoms with E-state index in [1.807, 2.05) is 0 Å². The van der Waals surface area contributed by atoms with Crippen LogP contribution in [0.25, 0.3) is 0 Å². The van der Waals surface area contributed by atoms with Gasteiger partial charge in [0.15, 0.2) is 0 Å². The minimum absolute atomic E-state index is 0. The molecule has 0 rings (SSSR count). The third-order valence-corrected chi connectivity index (χ3v) is 0. The molecule has 0 unspecified atom stereocenters. The molecule has 0 aromatic heterocycles. The topological polar surface area (TPSA) is 315 Å². The van der Waals surface area contributed by atoms with Gasteiger partial charge in [-0.25, -0.2) is 0 Å². The lowest BCUT2D eigenvalue weighted by molar-refractivity contribution is 0.823. The van der Waals surface area contributed by atoms with Crippen molar-refractivity contribution in [2.75, 3.05) is 0 Å². The standard InChI is InChI=1S/CCl4.10H2O/c2-1(3,4)5;;;;;;;;;;/h;10*1H2. The number of alkyl halides is 4. The van der Waals surface area contributed by atoms with E-state index in [9.17, 15) is 0 Å². The van der Waals surface area contributed by atoms with Gasteiger partial charge in [-0.2, -0.15) is 0 Å². The lowest BCUT2D eigenvalue weighted by atomic mass is 11.8. The molecule has 0 radical (unpaired) electrons. The van der Waals surface area contributed by atoms with Crippen LogP contribution in [0.2, 0.25) is 0 Å². The van der Waals surface area contributed by atoms with Crippen LogP contribution < -0.4 is 0 Å². The van der Waals surface area contributed by atoms with Gasteiger partial charge in [0.1, 0.15) is 0 Å². The molecule has 0 fully saturated rings. The molecule has 10 nitrogen and oxygen atoms in total. The smallest absolute Gasteiger partial charge is 0.266 e. The Kier molecular flexibility index (Phi) is 618.